The van der Waals surface area contributed by atoms with Gasteiger partial charge in [0.2, 0.25) is 0 Å². The third-order valence-corrected chi connectivity index (χ3v) is 3.65. The van der Waals surface area contributed by atoms with Gasteiger partial charge in [-0.3, -0.25) is 4.98 Å². The molecule has 0 fully saturated rings. The number of nitrogens with zero attached hydrogens (tertiary/aromatic N) is 4. The number of pyridine rings is 1. The average Bonchev–Trinajstić information content (AvgIpc) is 2.79. The number of hydrogen-bond donors (Lipinski definition) is 1. The molecule has 3 aromatic rings. The van der Waals surface area contributed by atoms with Gasteiger partial charge in [-0.15, -0.1) is 0 Å². The summed E-state index contributed by atoms with van der Waals surface area (Å²) in [5, 5.41) is 1.78. The van der Waals surface area contributed by atoms with Crippen molar-refractivity contribution in [1.29, 1.82) is 0 Å². The molecule has 0 saturated heterocycles. The number of hydrogen-bond acceptors (Lipinski definition) is 5. The van der Waals surface area contributed by atoms with Crippen LogP contribution in [0.5, 0.6) is 0 Å². The highest BCUT2D eigenvalue weighted by Crippen LogP contribution is 2.28. The van der Waals surface area contributed by atoms with E-state index in [1.165, 1.54) is 11.8 Å². The standard InChI is InChI=1S/C13H13N5S/c14-5-4-10-13(19-12-9-15-6-7-16-12)17-11-3-1-2-8-18(10)11/h1-3,6-9H,4-5,14H2. The first-order valence-electron chi connectivity index (χ1n) is 5.98. The topological polar surface area (TPSA) is 69.1 Å². The van der Waals surface area contributed by atoms with Crippen molar-refractivity contribution >= 4 is 17.4 Å². The van der Waals surface area contributed by atoms with Crippen molar-refractivity contribution in [1.82, 2.24) is 19.4 Å². The van der Waals surface area contributed by atoms with E-state index in [-0.39, 0.29) is 0 Å². The summed E-state index contributed by atoms with van der Waals surface area (Å²) in [4.78, 5) is 13.0. The van der Waals surface area contributed by atoms with E-state index in [9.17, 15) is 0 Å². The van der Waals surface area contributed by atoms with Crippen LogP contribution in [0.2, 0.25) is 0 Å². The van der Waals surface area contributed by atoms with Crippen molar-refractivity contribution in [2.24, 2.45) is 5.73 Å². The minimum absolute atomic E-state index is 0.594. The number of nitrogens with two attached hydrogens (primary N) is 1. The van der Waals surface area contributed by atoms with E-state index in [2.05, 4.69) is 19.4 Å². The normalized spacial score (nSPS) is 11.0. The first-order chi connectivity index (χ1) is 9.38. The Morgan fingerprint density at radius 3 is 3.00 bits per heavy atom. The van der Waals surface area contributed by atoms with Gasteiger partial charge in [-0.05, 0) is 30.4 Å². The SMILES string of the molecule is NCCc1c(Sc2cnccn2)nc2ccccn12. The van der Waals surface area contributed by atoms with Crippen molar-refractivity contribution in [2.45, 2.75) is 16.5 Å². The third-order valence-electron chi connectivity index (χ3n) is 2.71. The van der Waals surface area contributed by atoms with Crippen LogP contribution < -0.4 is 5.73 Å². The molecule has 0 amide bonds. The number of aromatic nitrogens is 4. The lowest BCUT2D eigenvalue weighted by Crippen LogP contribution is -2.05. The zero-order chi connectivity index (χ0) is 13.1. The van der Waals surface area contributed by atoms with Crippen LogP contribution in [0.3, 0.4) is 0 Å². The molecular weight excluding hydrogens is 258 g/mol. The Hall–Kier alpha value is -1.92. The molecule has 0 bridgehead atoms. The molecule has 0 atom stereocenters. The van der Waals surface area contributed by atoms with Crippen LogP contribution in [-0.2, 0) is 6.42 Å². The summed E-state index contributed by atoms with van der Waals surface area (Å²) in [5.41, 5.74) is 7.74. The van der Waals surface area contributed by atoms with Gasteiger partial charge in [-0.25, -0.2) is 9.97 Å². The molecule has 3 rings (SSSR count). The quantitative estimate of drug-likeness (QED) is 0.783. The first-order valence-corrected chi connectivity index (χ1v) is 6.80. The summed E-state index contributed by atoms with van der Waals surface area (Å²) in [5.74, 6) is 0. The molecule has 5 nitrogen and oxygen atoms in total. The second kappa shape index (κ2) is 5.38. The Bertz CT molecular complexity index is 680. The lowest BCUT2D eigenvalue weighted by Gasteiger charge is -2.02. The highest BCUT2D eigenvalue weighted by atomic mass is 32.2. The van der Waals surface area contributed by atoms with Gasteiger partial charge in [0, 0.05) is 25.0 Å². The van der Waals surface area contributed by atoms with E-state index in [0.29, 0.717) is 6.54 Å². The van der Waals surface area contributed by atoms with Gasteiger partial charge in [0.1, 0.15) is 15.7 Å². The Balaban J connectivity index is 2.04. The maximum atomic E-state index is 5.69. The highest BCUT2D eigenvalue weighted by Gasteiger charge is 2.12. The van der Waals surface area contributed by atoms with Gasteiger partial charge in [0.05, 0.1) is 11.9 Å². The van der Waals surface area contributed by atoms with Crippen molar-refractivity contribution in [3.63, 3.8) is 0 Å². The zero-order valence-corrected chi connectivity index (χ0v) is 11.0. The minimum atomic E-state index is 0.594. The molecule has 96 valence electrons. The second-order valence-electron chi connectivity index (χ2n) is 3.98. The molecule has 0 unspecified atom stereocenters. The summed E-state index contributed by atoms with van der Waals surface area (Å²) < 4.78 is 2.07. The van der Waals surface area contributed by atoms with Gasteiger partial charge in [-0.2, -0.15) is 0 Å². The summed E-state index contributed by atoms with van der Waals surface area (Å²) >= 11 is 1.52. The molecule has 0 aliphatic rings. The Labute approximate surface area is 114 Å². The second-order valence-corrected chi connectivity index (χ2v) is 4.99. The van der Waals surface area contributed by atoms with Gasteiger partial charge in [0.15, 0.2) is 0 Å². The lowest BCUT2D eigenvalue weighted by molar-refractivity contribution is 0.875. The van der Waals surface area contributed by atoms with E-state index in [1.807, 2.05) is 24.4 Å². The number of fused-ring (bicyclic) bond motifs is 1. The molecule has 0 aromatic carbocycles. The Morgan fingerprint density at radius 2 is 2.21 bits per heavy atom. The van der Waals surface area contributed by atoms with Gasteiger partial charge >= 0.3 is 0 Å². The molecule has 3 heterocycles. The number of rotatable bonds is 4. The molecule has 0 spiro atoms. The van der Waals surface area contributed by atoms with E-state index < -0.39 is 0 Å². The van der Waals surface area contributed by atoms with E-state index >= 15 is 0 Å². The highest BCUT2D eigenvalue weighted by molar-refractivity contribution is 7.99. The van der Waals surface area contributed by atoms with E-state index in [4.69, 9.17) is 5.73 Å². The molecule has 0 aliphatic carbocycles. The summed E-state index contributed by atoms with van der Waals surface area (Å²) in [7, 11) is 0. The molecule has 6 heteroatoms. The molecule has 0 aliphatic heterocycles. The maximum Gasteiger partial charge on any atom is 0.138 e. The summed E-state index contributed by atoms with van der Waals surface area (Å²) in [6.07, 6.45) is 7.87. The fraction of sp³-hybridized carbons (Fsp3) is 0.154. The van der Waals surface area contributed by atoms with Crippen LogP contribution in [-0.4, -0.2) is 25.9 Å². The van der Waals surface area contributed by atoms with Gasteiger partial charge < -0.3 is 10.1 Å². The van der Waals surface area contributed by atoms with Crippen LogP contribution in [0.1, 0.15) is 5.69 Å². The largest absolute Gasteiger partial charge is 0.330 e. The lowest BCUT2D eigenvalue weighted by atomic mass is 10.3. The maximum absolute atomic E-state index is 5.69. The fourth-order valence-electron chi connectivity index (χ4n) is 1.91. The fourth-order valence-corrected chi connectivity index (χ4v) is 2.79. The van der Waals surface area contributed by atoms with Crippen molar-refractivity contribution in [2.75, 3.05) is 6.54 Å². The summed E-state index contributed by atoms with van der Waals surface area (Å²) in [6.45, 7) is 0.594. The van der Waals surface area contributed by atoms with Crippen LogP contribution in [0.4, 0.5) is 0 Å². The molecule has 0 saturated carbocycles. The van der Waals surface area contributed by atoms with E-state index in [1.54, 1.807) is 18.6 Å². The van der Waals surface area contributed by atoms with E-state index in [0.717, 1.165) is 27.8 Å². The van der Waals surface area contributed by atoms with Crippen molar-refractivity contribution in [3.8, 4) is 0 Å². The predicted molar refractivity (Wildman–Crippen MR) is 74.1 cm³/mol. The third kappa shape index (κ3) is 2.45. The monoisotopic (exact) mass is 271 g/mol. The Morgan fingerprint density at radius 1 is 1.26 bits per heavy atom. The molecule has 19 heavy (non-hydrogen) atoms. The molecule has 3 aromatic heterocycles. The average molecular weight is 271 g/mol. The van der Waals surface area contributed by atoms with Crippen LogP contribution in [0, 0.1) is 0 Å². The van der Waals surface area contributed by atoms with Crippen LogP contribution in [0.15, 0.2) is 53.0 Å². The molecule has 0 radical (unpaired) electrons. The van der Waals surface area contributed by atoms with Gasteiger partial charge in [-0.1, -0.05) is 6.07 Å². The van der Waals surface area contributed by atoms with Crippen molar-refractivity contribution < 1.29 is 0 Å². The first kappa shape index (κ1) is 12.1. The predicted octanol–water partition coefficient (Wildman–Crippen LogP) is 1.78. The van der Waals surface area contributed by atoms with Crippen LogP contribution >= 0.6 is 11.8 Å². The number of imidazole rings is 1. The van der Waals surface area contributed by atoms with Gasteiger partial charge in [0.25, 0.3) is 0 Å². The van der Waals surface area contributed by atoms with Crippen molar-refractivity contribution in [3.05, 3.63) is 48.7 Å². The van der Waals surface area contributed by atoms with Crippen LogP contribution in [0.25, 0.3) is 5.65 Å². The summed E-state index contributed by atoms with van der Waals surface area (Å²) in [6, 6.07) is 5.96. The zero-order valence-electron chi connectivity index (χ0n) is 10.2. The molecule has 2 N–H and O–H groups in total. The molecular formula is C13H13N5S. The Kier molecular flexibility index (Phi) is 3.43. The minimum Gasteiger partial charge on any atom is -0.330 e. The smallest absolute Gasteiger partial charge is 0.138 e.